The van der Waals surface area contributed by atoms with Crippen LogP contribution in [0, 0.1) is 0 Å². The highest BCUT2D eigenvalue weighted by molar-refractivity contribution is 9.10. The van der Waals surface area contributed by atoms with Gasteiger partial charge in [0.1, 0.15) is 5.01 Å². The second-order valence-electron chi connectivity index (χ2n) is 4.31. The van der Waals surface area contributed by atoms with Gasteiger partial charge in [0, 0.05) is 4.47 Å². The number of hydrogen-bond acceptors (Lipinski definition) is 6. The van der Waals surface area contributed by atoms with E-state index in [4.69, 9.17) is 23.2 Å². The summed E-state index contributed by atoms with van der Waals surface area (Å²) in [6.07, 6.45) is 1.51. The molecule has 0 aliphatic carbocycles. The zero-order chi connectivity index (χ0) is 17.5. The summed E-state index contributed by atoms with van der Waals surface area (Å²) < 4.78 is 0.956. The molecule has 2 N–H and O–H groups in total. The number of hydrazone groups is 1. The monoisotopic (exact) mass is 449 g/mol. The zero-order valence-corrected chi connectivity index (χ0v) is 15.8. The summed E-state index contributed by atoms with van der Waals surface area (Å²) in [6, 6.07) is 7.43. The van der Waals surface area contributed by atoms with E-state index in [1.54, 1.807) is 0 Å². The Bertz CT molecular complexity index is 751. The Morgan fingerprint density at radius 3 is 2.67 bits per heavy atom. The van der Waals surface area contributed by atoms with Crippen LogP contribution in [0.1, 0.15) is 10.6 Å². The standard InChI is InChI=1S/C13H10BrCl2N5O2S/c14-8-3-1-7(2-4-8)6-17-19-9(22)5-10-20-21-13(24-10)18-12(23)11(15)16/h1-4,6,11H,5H2,(H,19,22)(H,18,21,23)/b17-6-. The predicted molar refractivity (Wildman–Crippen MR) is 97.6 cm³/mol. The van der Waals surface area contributed by atoms with Crippen LogP contribution in [-0.4, -0.2) is 33.1 Å². The molecule has 11 heteroatoms. The summed E-state index contributed by atoms with van der Waals surface area (Å²) in [4.78, 5) is 21.9. The van der Waals surface area contributed by atoms with Crippen LogP contribution < -0.4 is 10.7 Å². The first-order valence-electron chi connectivity index (χ1n) is 6.43. The highest BCUT2D eigenvalue weighted by Crippen LogP contribution is 2.17. The fourth-order valence-corrected chi connectivity index (χ4v) is 2.55. The molecule has 1 aromatic heterocycles. The van der Waals surface area contributed by atoms with Crippen LogP contribution in [0.5, 0.6) is 0 Å². The van der Waals surface area contributed by atoms with Crippen LogP contribution in [0.15, 0.2) is 33.8 Å². The van der Waals surface area contributed by atoms with E-state index in [2.05, 4.69) is 42.0 Å². The smallest absolute Gasteiger partial charge is 0.259 e. The minimum Gasteiger partial charge on any atom is -0.298 e. The number of carbonyl (C=O) groups is 2. The molecule has 0 unspecified atom stereocenters. The lowest BCUT2D eigenvalue weighted by Gasteiger charge is -1.99. The lowest BCUT2D eigenvalue weighted by atomic mass is 10.2. The summed E-state index contributed by atoms with van der Waals surface area (Å²) in [7, 11) is 0. The largest absolute Gasteiger partial charge is 0.298 e. The molecule has 1 heterocycles. The van der Waals surface area contributed by atoms with Gasteiger partial charge in [0.25, 0.3) is 5.91 Å². The van der Waals surface area contributed by atoms with Crippen LogP contribution in [0.2, 0.25) is 0 Å². The van der Waals surface area contributed by atoms with Crippen LogP contribution in [0.4, 0.5) is 5.13 Å². The Morgan fingerprint density at radius 1 is 1.29 bits per heavy atom. The Labute approximate surface area is 159 Å². The molecule has 0 atom stereocenters. The maximum absolute atomic E-state index is 11.8. The number of alkyl halides is 2. The van der Waals surface area contributed by atoms with Gasteiger partial charge >= 0.3 is 0 Å². The molecule has 126 valence electrons. The van der Waals surface area contributed by atoms with Crippen LogP contribution in [0.25, 0.3) is 0 Å². The van der Waals surface area contributed by atoms with E-state index < -0.39 is 10.7 Å². The highest BCUT2D eigenvalue weighted by atomic mass is 79.9. The van der Waals surface area contributed by atoms with Gasteiger partial charge in [-0.05, 0) is 17.7 Å². The predicted octanol–water partition coefficient (Wildman–Crippen LogP) is 2.74. The van der Waals surface area contributed by atoms with Crippen LogP contribution in [0.3, 0.4) is 0 Å². The van der Waals surface area contributed by atoms with E-state index in [1.807, 2.05) is 24.3 Å². The molecule has 0 fully saturated rings. The SMILES string of the molecule is O=C(Cc1nnc(NC(=O)C(Cl)Cl)s1)N/N=C\c1ccc(Br)cc1. The van der Waals surface area contributed by atoms with Crippen molar-refractivity contribution in [1.29, 1.82) is 0 Å². The first-order valence-corrected chi connectivity index (χ1v) is 8.91. The Morgan fingerprint density at radius 2 is 2.00 bits per heavy atom. The average molecular weight is 451 g/mol. The number of nitrogens with zero attached hydrogens (tertiary/aromatic N) is 3. The number of halogens is 3. The summed E-state index contributed by atoms with van der Waals surface area (Å²) in [5.41, 5.74) is 3.23. The molecule has 0 saturated heterocycles. The zero-order valence-electron chi connectivity index (χ0n) is 11.9. The van der Waals surface area contributed by atoms with Gasteiger partial charge in [-0.15, -0.1) is 10.2 Å². The maximum Gasteiger partial charge on any atom is 0.259 e. The van der Waals surface area contributed by atoms with Crippen molar-refractivity contribution in [3.63, 3.8) is 0 Å². The van der Waals surface area contributed by atoms with Crippen molar-refractivity contribution in [2.75, 3.05) is 5.32 Å². The summed E-state index contributed by atoms with van der Waals surface area (Å²) in [5, 5.41) is 14.4. The number of hydrogen-bond donors (Lipinski definition) is 2. The molecular weight excluding hydrogens is 441 g/mol. The molecule has 7 nitrogen and oxygen atoms in total. The molecule has 0 aliphatic rings. The van der Waals surface area contributed by atoms with Crippen molar-refractivity contribution in [2.24, 2.45) is 5.10 Å². The van der Waals surface area contributed by atoms with Gasteiger partial charge in [-0.3, -0.25) is 14.9 Å². The fourth-order valence-electron chi connectivity index (χ4n) is 1.44. The van der Waals surface area contributed by atoms with Crippen molar-refractivity contribution in [2.45, 2.75) is 11.3 Å². The molecule has 1 aromatic carbocycles. The Hall–Kier alpha value is -1.55. The van der Waals surface area contributed by atoms with E-state index in [1.165, 1.54) is 6.21 Å². The summed E-state index contributed by atoms with van der Waals surface area (Å²) >= 11 is 15.2. The number of aromatic nitrogens is 2. The highest BCUT2D eigenvalue weighted by Gasteiger charge is 2.15. The molecule has 0 radical (unpaired) electrons. The van der Waals surface area contributed by atoms with Crippen molar-refractivity contribution in [3.8, 4) is 0 Å². The third-order valence-corrected chi connectivity index (χ3v) is 4.24. The molecule has 0 spiro atoms. The molecule has 0 saturated carbocycles. The van der Waals surface area contributed by atoms with Gasteiger partial charge in [-0.2, -0.15) is 5.10 Å². The van der Waals surface area contributed by atoms with Crippen molar-refractivity contribution in [3.05, 3.63) is 39.3 Å². The summed E-state index contributed by atoms with van der Waals surface area (Å²) in [6.45, 7) is 0. The molecule has 0 bridgehead atoms. The number of anilines is 1. The first-order chi connectivity index (χ1) is 11.4. The Balaban J connectivity index is 1.83. The van der Waals surface area contributed by atoms with Gasteiger partial charge in [0.05, 0.1) is 12.6 Å². The second-order valence-corrected chi connectivity index (χ2v) is 7.39. The lowest BCUT2D eigenvalue weighted by molar-refractivity contribution is -0.120. The van der Waals surface area contributed by atoms with Crippen molar-refractivity contribution >= 4 is 73.6 Å². The van der Waals surface area contributed by atoms with E-state index >= 15 is 0 Å². The molecular formula is C13H10BrCl2N5O2S. The average Bonchev–Trinajstić information content (AvgIpc) is 2.96. The minimum absolute atomic E-state index is 0.0175. The minimum atomic E-state index is -1.20. The van der Waals surface area contributed by atoms with Gasteiger partial charge in [0.15, 0.2) is 4.84 Å². The van der Waals surface area contributed by atoms with Gasteiger partial charge in [0.2, 0.25) is 11.0 Å². The quantitative estimate of drug-likeness (QED) is 0.401. The van der Waals surface area contributed by atoms with Gasteiger partial charge in [-0.25, -0.2) is 5.43 Å². The fraction of sp³-hybridized carbons (Fsp3) is 0.154. The third kappa shape index (κ3) is 6.16. The van der Waals surface area contributed by atoms with E-state index in [0.29, 0.717) is 5.01 Å². The normalized spacial score (nSPS) is 11.0. The van der Waals surface area contributed by atoms with Crippen LogP contribution >= 0.6 is 50.5 Å². The van der Waals surface area contributed by atoms with Gasteiger partial charge < -0.3 is 0 Å². The van der Waals surface area contributed by atoms with E-state index in [9.17, 15) is 9.59 Å². The van der Waals surface area contributed by atoms with Crippen molar-refractivity contribution in [1.82, 2.24) is 15.6 Å². The third-order valence-electron chi connectivity index (χ3n) is 2.48. The molecule has 2 rings (SSSR count). The second kappa shape index (κ2) is 9.07. The van der Waals surface area contributed by atoms with Crippen LogP contribution in [-0.2, 0) is 16.0 Å². The number of amides is 2. The van der Waals surface area contributed by atoms with E-state index in [0.717, 1.165) is 21.4 Å². The van der Waals surface area contributed by atoms with E-state index in [-0.39, 0.29) is 17.5 Å². The van der Waals surface area contributed by atoms with Gasteiger partial charge in [-0.1, -0.05) is 62.6 Å². The first kappa shape index (κ1) is 18.8. The lowest BCUT2D eigenvalue weighted by Crippen LogP contribution is -2.19. The topological polar surface area (TPSA) is 96.3 Å². The molecule has 2 aromatic rings. The molecule has 2 amide bonds. The summed E-state index contributed by atoms with van der Waals surface area (Å²) in [5.74, 6) is -0.963. The number of benzene rings is 1. The Kier molecular flexibility index (Phi) is 7.10. The van der Waals surface area contributed by atoms with Crippen molar-refractivity contribution < 1.29 is 9.59 Å². The number of carbonyl (C=O) groups excluding carboxylic acids is 2. The number of rotatable bonds is 6. The molecule has 24 heavy (non-hydrogen) atoms. The maximum atomic E-state index is 11.8. The number of nitrogens with one attached hydrogen (secondary N) is 2. The molecule has 0 aliphatic heterocycles.